The highest BCUT2D eigenvalue weighted by atomic mass is 14.9. The minimum Gasteiger partial charge on any atom is -0.398 e. The highest BCUT2D eigenvalue weighted by Crippen LogP contribution is 2.39. The minimum absolute atomic E-state index is 0.528. The smallest absolute Gasteiger partial charge is 0.0378 e. The molecule has 0 amide bonds. The molecule has 1 saturated carbocycles. The Morgan fingerprint density at radius 1 is 1.40 bits per heavy atom. The van der Waals surface area contributed by atoms with Gasteiger partial charge in [-0.15, -0.1) is 0 Å². The van der Waals surface area contributed by atoms with Crippen molar-refractivity contribution in [2.24, 2.45) is 11.3 Å². The SMILES string of the molecule is CCNC(Cc1cnccc1N)C1CCC(C)(C)CC1. The molecule has 1 heterocycles. The van der Waals surface area contributed by atoms with Crippen LogP contribution in [-0.4, -0.2) is 17.6 Å². The molecule has 0 aromatic carbocycles. The number of nitrogens with two attached hydrogens (primary N) is 1. The maximum absolute atomic E-state index is 6.07. The van der Waals surface area contributed by atoms with Crippen LogP contribution in [0.3, 0.4) is 0 Å². The first-order chi connectivity index (χ1) is 9.52. The highest BCUT2D eigenvalue weighted by molar-refractivity contribution is 5.44. The molecular weight excluding hydrogens is 246 g/mol. The average molecular weight is 275 g/mol. The number of hydrogen-bond donors (Lipinski definition) is 2. The Bertz CT molecular complexity index is 418. The molecule has 112 valence electrons. The van der Waals surface area contributed by atoms with E-state index < -0.39 is 0 Å². The highest BCUT2D eigenvalue weighted by Gasteiger charge is 2.31. The fraction of sp³-hybridized carbons (Fsp3) is 0.706. The van der Waals surface area contributed by atoms with Gasteiger partial charge in [0.1, 0.15) is 0 Å². The molecule has 0 radical (unpaired) electrons. The molecule has 0 spiro atoms. The molecule has 3 nitrogen and oxygen atoms in total. The molecule has 0 aliphatic heterocycles. The van der Waals surface area contributed by atoms with Gasteiger partial charge in [0.05, 0.1) is 0 Å². The quantitative estimate of drug-likeness (QED) is 0.866. The number of hydrogen-bond acceptors (Lipinski definition) is 3. The van der Waals surface area contributed by atoms with Crippen molar-refractivity contribution in [3.63, 3.8) is 0 Å². The summed E-state index contributed by atoms with van der Waals surface area (Å²) in [5, 5.41) is 3.67. The van der Waals surface area contributed by atoms with E-state index in [0.717, 1.165) is 24.6 Å². The molecule has 1 fully saturated rings. The Kier molecular flexibility index (Phi) is 5.03. The molecule has 1 aliphatic rings. The van der Waals surface area contributed by atoms with Gasteiger partial charge in [-0.25, -0.2) is 0 Å². The zero-order valence-electron chi connectivity index (χ0n) is 13.2. The summed E-state index contributed by atoms with van der Waals surface area (Å²) < 4.78 is 0. The van der Waals surface area contributed by atoms with Gasteiger partial charge in [0.25, 0.3) is 0 Å². The first kappa shape index (κ1) is 15.3. The zero-order valence-corrected chi connectivity index (χ0v) is 13.2. The van der Waals surface area contributed by atoms with Crippen LogP contribution in [0.25, 0.3) is 0 Å². The Morgan fingerprint density at radius 2 is 2.10 bits per heavy atom. The number of likely N-dealkylation sites (N-methyl/N-ethyl adjacent to an activating group) is 1. The number of nitrogen functional groups attached to an aromatic ring is 1. The molecule has 2 rings (SSSR count). The van der Waals surface area contributed by atoms with E-state index in [2.05, 4.69) is 31.1 Å². The van der Waals surface area contributed by atoms with E-state index in [9.17, 15) is 0 Å². The Labute approximate surface area is 123 Å². The molecule has 1 aromatic rings. The monoisotopic (exact) mass is 275 g/mol. The van der Waals surface area contributed by atoms with Crippen LogP contribution in [0.1, 0.15) is 52.0 Å². The van der Waals surface area contributed by atoms with E-state index in [0.29, 0.717) is 11.5 Å². The Balaban J connectivity index is 2.02. The van der Waals surface area contributed by atoms with Gasteiger partial charge < -0.3 is 11.1 Å². The molecule has 1 aromatic heterocycles. The lowest BCUT2D eigenvalue weighted by Gasteiger charge is -2.38. The number of rotatable bonds is 5. The van der Waals surface area contributed by atoms with Crippen LogP contribution < -0.4 is 11.1 Å². The first-order valence-corrected chi connectivity index (χ1v) is 7.93. The molecule has 1 atom stereocenters. The summed E-state index contributed by atoms with van der Waals surface area (Å²) in [7, 11) is 0. The zero-order chi connectivity index (χ0) is 14.6. The van der Waals surface area contributed by atoms with Crippen molar-refractivity contribution in [1.82, 2.24) is 10.3 Å². The maximum Gasteiger partial charge on any atom is 0.0378 e. The molecule has 3 N–H and O–H groups in total. The second-order valence-electron chi connectivity index (χ2n) is 6.94. The summed E-state index contributed by atoms with van der Waals surface area (Å²) >= 11 is 0. The average Bonchev–Trinajstić information content (AvgIpc) is 2.41. The van der Waals surface area contributed by atoms with Crippen LogP contribution in [-0.2, 0) is 6.42 Å². The molecule has 3 heteroatoms. The van der Waals surface area contributed by atoms with Crippen molar-refractivity contribution in [2.45, 2.75) is 58.9 Å². The predicted molar refractivity (Wildman–Crippen MR) is 85.6 cm³/mol. The van der Waals surface area contributed by atoms with E-state index in [1.165, 1.54) is 31.2 Å². The number of nitrogens with one attached hydrogen (secondary N) is 1. The summed E-state index contributed by atoms with van der Waals surface area (Å²) in [5.41, 5.74) is 8.66. The second kappa shape index (κ2) is 6.57. The molecule has 0 saturated heterocycles. The van der Waals surface area contributed by atoms with Gasteiger partial charge >= 0.3 is 0 Å². The van der Waals surface area contributed by atoms with Gasteiger partial charge in [-0.3, -0.25) is 4.98 Å². The first-order valence-electron chi connectivity index (χ1n) is 7.93. The van der Waals surface area contributed by atoms with Crippen molar-refractivity contribution < 1.29 is 0 Å². The summed E-state index contributed by atoms with van der Waals surface area (Å²) in [5.74, 6) is 0.766. The van der Waals surface area contributed by atoms with Crippen LogP contribution in [0.2, 0.25) is 0 Å². The minimum atomic E-state index is 0.528. The van der Waals surface area contributed by atoms with Gasteiger partial charge in [0.15, 0.2) is 0 Å². The van der Waals surface area contributed by atoms with E-state index in [4.69, 9.17) is 5.73 Å². The number of anilines is 1. The summed E-state index contributed by atoms with van der Waals surface area (Å²) in [6, 6.07) is 2.44. The van der Waals surface area contributed by atoms with E-state index in [1.807, 2.05) is 12.3 Å². The van der Waals surface area contributed by atoms with Crippen molar-refractivity contribution in [1.29, 1.82) is 0 Å². The third kappa shape index (κ3) is 3.95. The number of aromatic nitrogens is 1. The van der Waals surface area contributed by atoms with E-state index in [-0.39, 0.29) is 0 Å². The van der Waals surface area contributed by atoms with Crippen molar-refractivity contribution >= 4 is 5.69 Å². The lowest BCUT2D eigenvalue weighted by atomic mass is 9.70. The van der Waals surface area contributed by atoms with Crippen molar-refractivity contribution in [2.75, 3.05) is 12.3 Å². The number of pyridine rings is 1. The van der Waals surface area contributed by atoms with Gasteiger partial charge in [-0.2, -0.15) is 0 Å². The summed E-state index contributed by atoms with van der Waals surface area (Å²) in [6.07, 6.45) is 10.0. The van der Waals surface area contributed by atoms with Gasteiger partial charge in [0, 0.05) is 24.1 Å². The van der Waals surface area contributed by atoms with Gasteiger partial charge in [0.2, 0.25) is 0 Å². The van der Waals surface area contributed by atoms with Crippen LogP contribution in [0.4, 0.5) is 5.69 Å². The van der Waals surface area contributed by atoms with Crippen molar-refractivity contribution in [3.05, 3.63) is 24.0 Å². The largest absolute Gasteiger partial charge is 0.398 e. The third-order valence-corrected chi connectivity index (χ3v) is 4.80. The lowest BCUT2D eigenvalue weighted by Crippen LogP contribution is -2.40. The van der Waals surface area contributed by atoms with Crippen LogP contribution in [0.15, 0.2) is 18.5 Å². The fourth-order valence-electron chi connectivity index (χ4n) is 3.34. The van der Waals surface area contributed by atoms with Crippen LogP contribution >= 0.6 is 0 Å². The van der Waals surface area contributed by atoms with Gasteiger partial charge in [-0.1, -0.05) is 20.8 Å². The Hall–Kier alpha value is -1.09. The number of nitrogens with zero attached hydrogens (tertiary/aromatic N) is 1. The summed E-state index contributed by atoms with van der Waals surface area (Å²) in [4.78, 5) is 4.22. The fourth-order valence-corrected chi connectivity index (χ4v) is 3.34. The lowest BCUT2D eigenvalue weighted by molar-refractivity contribution is 0.161. The molecule has 1 unspecified atom stereocenters. The molecule has 0 bridgehead atoms. The van der Waals surface area contributed by atoms with Crippen molar-refractivity contribution in [3.8, 4) is 0 Å². The second-order valence-corrected chi connectivity index (χ2v) is 6.94. The topological polar surface area (TPSA) is 50.9 Å². The molecule has 20 heavy (non-hydrogen) atoms. The molecular formula is C17H29N3. The van der Waals surface area contributed by atoms with Crippen LogP contribution in [0.5, 0.6) is 0 Å². The molecule has 1 aliphatic carbocycles. The summed E-state index contributed by atoms with van der Waals surface area (Å²) in [6.45, 7) is 7.99. The van der Waals surface area contributed by atoms with Crippen LogP contribution in [0, 0.1) is 11.3 Å². The Morgan fingerprint density at radius 3 is 2.70 bits per heavy atom. The predicted octanol–water partition coefficient (Wildman–Crippen LogP) is 3.40. The van der Waals surface area contributed by atoms with Gasteiger partial charge in [-0.05, 0) is 61.6 Å². The third-order valence-electron chi connectivity index (χ3n) is 4.80. The standard InChI is InChI=1S/C17H29N3/c1-4-20-16(11-14-12-19-10-7-15(14)18)13-5-8-17(2,3)9-6-13/h7,10,12-13,16,20H,4-6,8-9,11H2,1-3H3,(H2,18,19). The maximum atomic E-state index is 6.07. The normalized spacial score (nSPS) is 20.8. The van der Waals surface area contributed by atoms with E-state index in [1.54, 1.807) is 6.20 Å². The van der Waals surface area contributed by atoms with E-state index >= 15 is 0 Å².